The van der Waals surface area contributed by atoms with Gasteiger partial charge >= 0.3 is 0 Å². The molecule has 0 bridgehead atoms. The Bertz CT molecular complexity index is 405. The van der Waals surface area contributed by atoms with Gasteiger partial charge in [0.25, 0.3) is 0 Å². The molecule has 0 radical (unpaired) electrons. The van der Waals surface area contributed by atoms with E-state index in [2.05, 4.69) is 18.2 Å². The van der Waals surface area contributed by atoms with E-state index in [4.69, 9.17) is 4.18 Å². The lowest BCUT2D eigenvalue weighted by atomic mass is 9.88. The summed E-state index contributed by atoms with van der Waals surface area (Å²) in [5.41, 5.74) is 1.24. The summed E-state index contributed by atoms with van der Waals surface area (Å²) < 4.78 is 5.74. The standard InChI is InChI=1S/C14H16OS/c1-2-6-11(7-3-1)14-10-12-8-4-5-9-13(12)15-16-14/h4-5,8-11H,1-3,6-7H2. The van der Waals surface area contributed by atoms with Crippen LogP contribution in [0, 0.1) is 5.92 Å². The first kappa shape index (κ1) is 10.3. The molecule has 0 spiro atoms. The Morgan fingerprint density at radius 1 is 1.06 bits per heavy atom. The minimum Gasteiger partial charge on any atom is -0.420 e. The first-order valence-electron chi connectivity index (χ1n) is 6.08. The van der Waals surface area contributed by atoms with Gasteiger partial charge in [-0.15, -0.1) is 0 Å². The Balaban J connectivity index is 1.85. The maximum Gasteiger partial charge on any atom is 0.145 e. The SMILES string of the molecule is C1=C(C2CCCCC2)SOc2ccccc21. The van der Waals surface area contributed by atoms with Crippen LogP contribution in [0.1, 0.15) is 37.7 Å². The zero-order valence-electron chi connectivity index (χ0n) is 9.32. The van der Waals surface area contributed by atoms with Gasteiger partial charge < -0.3 is 4.18 Å². The first-order valence-corrected chi connectivity index (χ1v) is 6.83. The quantitative estimate of drug-likeness (QED) is 0.652. The number of allylic oxidation sites excluding steroid dienone is 1. The van der Waals surface area contributed by atoms with Crippen molar-refractivity contribution in [3.63, 3.8) is 0 Å². The van der Waals surface area contributed by atoms with Gasteiger partial charge in [0.1, 0.15) is 5.75 Å². The van der Waals surface area contributed by atoms with Gasteiger partial charge in [0.15, 0.2) is 0 Å². The van der Waals surface area contributed by atoms with Gasteiger partial charge in [-0.3, -0.25) is 0 Å². The number of hydrogen-bond donors (Lipinski definition) is 0. The van der Waals surface area contributed by atoms with E-state index in [1.807, 2.05) is 12.1 Å². The van der Waals surface area contributed by atoms with E-state index < -0.39 is 0 Å². The van der Waals surface area contributed by atoms with Crippen LogP contribution < -0.4 is 4.18 Å². The molecular weight excluding hydrogens is 216 g/mol. The zero-order chi connectivity index (χ0) is 10.8. The summed E-state index contributed by atoms with van der Waals surface area (Å²) >= 11 is 1.57. The highest BCUT2D eigenvalue weighted by Crippen LogP contribution is 2.42. The third-order valence-corrected chi connectivity index (χ3v) is 4.36. The molecule has 0 N–H and O–H groups in total. The Labute approximate surface area is 101 Å². The molecule has 1 aromatic carbocycles. The van der Waals surface area contributed by atoms with Crippen LogP contribution in [0.15, 0.2) is 29.2 Å². The van der Waals surface area contributed by atoms with Gasteiger partial charge in [-0.25, -0.2) is 0 Å². The third-order valence-electron chi connectivity index (χ3n) is 3.45. The van der Waals surface area contributed by atoms with Crippen LogP contribution >= 0.6 is 12.0 Å². The minimum atomic E-state index is 0.743. The predicted molar refractivity (Wildman–Crippen MR) is 69.2 cm³/mol. The molecule has 1 saturated carbocycles. The molecule has 1 aliphatic heterocycles. The molecule has 0 amide bonds. The van der Waals surface area contributed by atoms with Crippen LogP contribution in [0.5, 0.6) is 5.75 Å². The van der Waals surface area contributed by atoms with Gasteiger partial charge in [0.05, 0.1) is 12.0 Å². The summed E-state index contributed by atoms with van der Waals surface area (Å²) in [4.78, 5) is 1.43. The van der Waals surface area contributed by atoms with Crippen molar-refractivity contribution in [1.82, 2.24) is 0 Å². The molecular formula is C14H16OS. The fourth-order valence-electron chi connectivity index (χ4n) is 2.52. The molecule has 1 heterocycles. The molecule has 1 aromatic rings. The lowest BCUT2D eigenvalue weighted by Crippen LogP contribution is -2.09. The highest BCUT2D eigenvalue weighted by Gasteiger charge is 2.22. The van der Waals surface area contributed by atoms with E-state index in [-0.39, 0.29) is 0 Å². The maximum atomic E-state index is 5.74. The molecule has 0 aromatic heterocycles. The van der Waals surface area contributed by atoms with Crippen LogP contribution in [0.25, 0.3) is 6.08 Å². The number of fused-ring (bicyclic) bond motifs is 1. The molecule has 0 unspecified atom stereocenters. The second-order valence-corrected chi connectivity index (χ2v) is 5.39. The van der Waals surface area contributed by atoms with Crippen molar-refractivity contribution in [2.24, 2.45) is 5.92 Å². The number of benzene rings is 1. The minimum absolute atomic E-state index is 0.743. The van der Waals surface area contributed by atoms with Crippen LogP contribution in [0.2, 0.25) is 0 Å². The van der Waals surface area contributed by atoms with Gasteiger partial charge in [-0.2, -0.15) is 0 Å². The van der Waals surface area contributed by atoms with Crippen molar-refractivity contribution in [2.45, 2.75) is 32.1 Å². The Morgan fingerprint density at radius 2 is 1.88 bits per heavy atom. The average Bonchev–Trinajstić information content (AvgIpc) is 2.39. The fraction of sp³-hybridized carbons (Fsp3) is 0.429. The normalized spacial score (nSPS) is 20.9. The van der Waals surface area contributed by atoms with Gasteiger partial charge in [-0.05, 0) is 30.9 Å². The van der Waals surface area contributed by atoms with E-state index >= 15 is 0 Å². The second kappa shape index (κ2) is 4.54. The van der Waals surface area contributed by atoms with Gasteiger partial charge in [0.2, 0.25) is 0 Å². The molecule has 2 aliphatic rings. The lowest BCUT2D eigenvalue weighted by molar-refractivity contribution is 0.413. The summed E-state index contributed by atoms with van der Waals surface area (Å²) in [6.07, 6.45) is 9.16. The van der Waals surface area contributed by atoms with Crippen molar-refractivity contribution in [2.75, 3.05) is 0 Å². The lowest BCUT2D eigenvalue weighted by Gasteiger charge is -2.26. The van der Waals surface area contributed by atoms with Crippen LogP contribution in [-0.2, 0) is 0 Å². The molecule has 16 heavy (non-hydrogen) atoms. The monoisotopic (exact) mass is 232 g/mol. The topological polar surface area (TPSA) is 9.23 Å². The van der Waals surface area contributed by atoms with Gasteiger partial charge in [-0.1, -0.05) is 37.5 Å². The predicted octanol–water partition coefficient (Wildman–Crippen LogP) is 4.65. The zero-order valence-corrected chi connectivity index (χ0v) is 10.1. The van der Waals surface area contributed by atoms with E-state index in [1.54, 1.807) is 12.0 Å². The second-order valence-electron chi connectivity index (χ2n) is 4.59. The summed E-state index contributed by atoms with van der Waals surface area (Å²) in [6, 6.07) is 8.28. The molecule has 0 atom stereocenters. The first-order chi connectivity index (χ1) is 7.93. The van der Waals surface area contributed by atoms with E-state index in [9.17, 15) is 0 Å². The average molecular weight is 232 g/mol. The fourth-order valence-corrected chi connectivity index (χ4v) is 3.40. The number of hydrogen-bond acceptors (Lipinski definition) is 2. The smallest absolute Gasteiger partial charge is 0.145 e. The Morgan fingerprint density at radius 3 is 2.75 bits per heavy atom. The molecule has 0 saturated heterocycles. The van der Waals surface area contributed by atoms with E-state index in [0.717, 1.165) is 11.7 Å². The van der Waals surface area contributed by atoms with Crippen LogP contribution in [0.4, 0.5) is 0 Å². The summed E-state index contributed by atoms with van der Waals surface area (Å²) in [7, 11) is 0. The van der Waals surface area contributed by atoms with Crippen LogP contribution in [-0.4, -0.2) is 0 Å². The highest BCUT2D eigenvalue weighted by atomic mass is 32.2. The van der Waals surface area contributed by atoms with Crippen molar-refractivity contribution < 1.29 is 4.18 Å². The van der Waals surface area contributed by atoms with Crippen molar-refractivity contribution in [1.29, 1.82) is 0 Å². The Kier molecular flexibility index (Phi) is 2.92. The van der Waals surface area contributed by atoms with Crippen molar-refractivity contribution in [3.05, 3.63) is 34.7 Å². The van der Waals surface area contributed by atoms with Crippen LogP contribution in [0.3, 0.4) is 0 Å². The van der Waals surface area contributed by atoms with Crippen molar-refractivity contribution >= 4 is 18.1 Å². The Hall–Kier alpha value is -0.890. The molecule has 1 fully saturated rings. The third kappa shape index (κ3) is 1.99. The molecule has 1 aliphatic carbocycles. The molecule has 1 nitrogen and oxygen atoms in total. The maximum absolute atomic E-state index is 5.74. The summed E-state index contributed by atoms with van der Waals surface area (Å²) in [6.45, 7) is 0. The largest absolute Gasteiger partial charge is 0.420 e. The van der Waals surface area contributed by atoms with E-state index in [0.29, 0.717) is 0 Å². The van der Waals surface area contributed by atoms with Gasteiger partial charge in [0, 0.05) is 10.5 Å². The van der Waals surface area contributed by atoms with E-state index in [1.165, 1.54) is 42.6 Å². The summed E-state index contributed by atoms with van der Waals surface area (Å²) in [5, 5.41) is 0. The number of para-hydroxylation sites is 1. The number of rotatable bonds is 1. The molecule has 3 rings (SSSR count). The molecule has 2 heteroatoms. The molecule has 84 valence electrons. The highest BCUT2D eigenvalue weighted by molar-refractivity contribution is 7.99. The summed E-state index contributed by atoms with van der Waals surface area (Å²) in [5.74, 6) is 1.75. The van der Waals surface area contributed by atoms with Crippen molar-refractivity contribution in [3.8, 4) is 5.75 Å².